The summed E-state index contributed by atoms with van der Waals surface area (Å²) in [5.74, 6) is -2.46. The van der Waals surface area contributed by atoms with Gasteiger partial charge in [0.2, 0.25) is 5.82 Å². The van der Waals surface area contributed by atoms with Crippen molar-refractivity contribution in [2.24, 2.45) is 0 Å². The number of hydrogen-bond acceptors (Lipinski definition) is 2. The molecule has 0 aliphatic rings. The largest absolute Gasteiger partial charge is 0.381 e. The third-order valence-corrected chi connectivity index (χ3v) is 0.869. The van der Waals surface area contributed by atoms with Gasteiger partial charge >= 0.3 is 0 Å². The van der Waals surface area contributed by atoms with Gasteiger partial charge in [-0.15, -0.1) is 0 Å². The highest BCUT2D eigenvalue weighted by atomic mass is 19.2. The van der Waals surface area contributed by atoms with Crippen LogP contribution in [0.3, 0.4) is 0 Å². The van der Waals surface area contributed by atoms with Crippen LogP contribution in [0.4, 0.5) is 14.6 Å². The van der Waals surface area contributed by atoms with E-state index in [-0.39, 0.29) is 0 Å². The van der Waals surface area contributed by atoms with Crippen molar-refractivity contribution < 1.29 is 8.78 Å². The highest BCUT2D eigenvalue weighted by Gasteiger charge is 2.03. The standard InChI is InChI=1S/C5H4F2N2/c6-3-1-2-9-5(8)4(3)7/h1-2H,(H2,8,9). The molecule has 48 valence electrons. The smallest absolute Gasteiger partial charge is 0.200 e. The zero-order valence-electron chi connectivity index (χ0n) is 4.44. The van der Waals surface area contributed by atoms with Gasteiger partial charge in [0.05, 0.1) is 0 Å². The second-order valence-corrected chi connectivity index (χ2v) is 1.49. The lowest BCUT2D eigenvalue weighted by atomic mass is 10.4. The molecule has 1 aromatic rings. The number of aromatic nitrogens is 1. The fraction of sp³-hybridized carbons (Fsp3) is 0. The van der Waals surface area contributed by atoms with E-state index in [1.807, 2.05) is 0 Å². The molecule has 0 aliphatic carbocycles. The molecule has 0 aliphatic heterocycles. The van der Waals surface area contributed by atoms with Crippen molar-refractivity contribution in [3.05, 3.63) is 23.9 Å². The Hall–Kier alpha value is -1.19. The third kappa shape index (κ3) is 0.960. The predicted octanol–water partition coefficient (Wildman–Crippen LogP) is 0.942. The minimum atomic E-state index is -1.09. The first-order valence-electron chi connectivity index (χ1n) is 2.27. The Bertz CT molecular complexity index is 204. The average Bonchev–Trinajstić information content (AvgIpc) is 1.83. The van der Waals surface area contributed by atoms with Gasteiger partial charge in [-0.2, -0.15) is 4.39 Å². The monoisotopic (exact) mass is 130 g/mol. The molecule has 0 unspecified atom stereocenters. The maximum Gasteiger partial charge on any atom is 0.200 e. The van der Waals surface area contributed by atoms with Crippen LogP contribution >= 0.6 is 0 Å². The van der Waals surface area contributed by atoms with E-state index < -0.39 is 17.5 Å². The molecule has 1 aromatic heterocycles. The van der Waals surface area contributed by atoms with Gasteiger partial charge in [-0.3, -0.25) is 0 Å². The number of hydrogen-bond donors (Lipinski definition) is 1. The van der Waals surface area contributed by atoms with Crippen molar-refractivity contribution >= 4 is 5.82 Å². The summed E-state index contributed by atoms with van der Waals surface area (Å²) in [6, 6.07) is 0.908. The van der Waals surface area contributed by atoms with Gasteiger partial charge in [0.1, 0.15) is 0 Å². The Labute approximate surface area is 50.3 Å². The van der Waals surface area contributed by atoms with Gasteiger partial charge < -0.3 is 5.73 Å². The molecule has 2 N–H and O–H groups in total. The van der Waals surface area contributed by atoms with Crippen LogP contribution in [-0.2, 0) is 0 Å². The van der Waals surface area contributed by atoms with Crippen LogP contribution < -0.4 is 5.73 Å². The molecule has 2 nitrogen and oxygen atoms in total. The predicted molar refractivity (Wildman–Crippen MR) is 28.6 cm³/mol. The molecule has 4 heteroatoms. The number of rotatable bonds is 0. The van der Waals surface area contributed by atoms with Gasteiger partial charge in [0.25, 0.3) is 0 Å². The quantitative estimate of drug-likeness (QED) is 0.567. The molecule has 0 amide bonds. The first kappa shape index (κ1) is 5.94. The molecule has 0 aromatic carbocycles. The van der Waals surface area contributed by atoms with Crippen molar-refractivity contribution in [3.63, 3.8) is 0 Å². The molecule has 0 bridgehead atoms. The lowest BCUT2D eigenvalue weighted by Gasteiger charge is -1.92. The fourth-order valence-electron chi connectivity index (χ4n) is 0.435. The molecular weight excluding hydrogens is 126 g/mol. The number of nitrogens with two attached hydrogens (primary N) is 1. The number of halogens is 2. The minimum absolute atomic E-state index is 0.407. The van der Waals surface area contributed by atoms with E-state index in [4.69, 9.17) is 5.73 Å². The fourth-order valence-corrected chi connectivity index (χ4v) is 0.435. The Morgan fingerprint density at radius 3 is 2.56 bits per heavy atom. The zero-order valence-corrected chi connectivity index (χ0v) is 4.44. The van der Waals surface area contributed by atoms with E-state index >= 15 is 0 Å². The summed E-state index contributed by atoms with van der Waals surface area (Å²) in [4.78, 5) is 3.30. The van der Waals surface area contributed by atoms with Crippen LogP contribution in [0.25, 0.3) is 0 Å². The van der Waals surface area contributed by atoms with Crippen LogP contribution in [-0.4, -0.2) is 4.98 Å². The van der Waals surface area contributed by atoms with Gasteiger partial charge in [-0.1, -0.05) is 0 Å². The zero-order chi connectivity index (χ0) is 6.85. The number of nitrogen functional groups attached to an aromatic ring is 1. The summed E-state index contributed by atoms with van der Waals surface area (Å²) >= 11 is 0. The average molecular weight is 130 g/mol. The normalized spacial score (nSPS) is 9.56. The van der Waals surface area contributed by atoms with E-state index in [2.05, 4.69) is 4.98 Å². The van der Waals surface area contributed by atoms with Crippen molar-refractivity contribution in [1.82, 2.24) is 4.98 Å². The summed E-state index contributed by atoms with van der Waals surface area (Å²) in [6.45, 7) is 0. The van der Waals surface area contributed by atoms with Crippen LogP contribution in [0.15, 0.2) is 12.3 Å². The van der Waals surface area contributed by atoms with Crippen LogP contribution in [0.5, 0.6) is 0 Å². The summed E-state index contributed by atoms with van der Waals surface area (Å²) in [6.07, 6.45) is 1.10. The highest BCUT2D eigenvalue weighted by molar-refractivity contribution is 5.29. The third-order valence-electron chi connectivity index (χ3n) is 0.869. The van der Waals surface area contributed by atoms with Crippen molar-refractivity contribution in [2.45, 2.75) is 0 Å². The molecule has 0 saturated carbocycles. The van der Waals surface area contributed by atoms with E-state index in [0.29, 0.717) is 0 Å². The molecular formula is C5H4F2N2. The Kier molecular flexibility index (Phi) is 1.30. The van der Waals surface area contributed by atoms with Crippen LogP contribution in [0, 0.1) is 11.6 Å². The van der Waals surface area contributed by atoms with E-state index in [0.717, 1.165) is 12.3 Å². The van der Waals surface area contributed by atoms with Gasteiger partial charge in [0.15, 0.2) is 11.6 Å². The Morgan fingerprint density at radius 2 is 2.11 bits per heavy atom. The number of anilines is 1. The summed E-state index contributed by atoms with van der Waals surface area (Å²) in [5, 5.41) is 0. The summed E-state index contributed by atoms with van der Waals surface area (Å²) in [7, 11) is 0. The van der Waals surface area contributed by atoms with E-state index in [1.165, 1.54) is 0 Å². The Balaban J connectivity index is 3.25. The SMILES string of the molecule is Nc1nccc(F)c1F. The van der Waals surface area contributed by atoms with Crippen molar-refractivity contribution in [1.29, 1.82) is 0 Å². The number of pyridine rings is 1. The maximum absolute atomic E-state index is 12.2. The lowest BCUT2D eigenvalue weighted by molar-refractivity contribution is 0.508. The van der Waals surface area contributed by atoms with Crippen LogP contribution in [0.2, 0.25) is 0 Å². The van der Waals surface area contributed by atoms with Crippen molar-refractivity contribution in [2.75, 3.05) is 5.73 Å². The topological polar surface area (TPSA) is 38.9 Å². The van der Waals surface area contributed by atoms with E-state index in [1.54, 1.807) is 0 Å². The molecule has 1 rings (SSSR count). The first-order valence-corrected chi connectivity index (χ1v) is 2.27. The van der Waals surface area contributed by atoms with Gasteiger partial charge in [-0.25, -0.2) is 9.37 Å². The van der Waals surface area contributed by atoms with Gasteiger partial charge in [0, 0.05) is 6.20 Å². The highest BCUT2D eigenvalue weighted by Crippen LogP contribution is 2.08. The molecule has 0 atom stereocenters. The minimum Gasteiger partial charge on any atom is -0.381 e. The second kappa shape index (κ2) is 1.97. The van der Waals surface area contributed by atoms with Crippen LogP contribution in [0.1, 0.15) is 0 Å². The maximum atomic E-state index is 12.2. The molecule has 0 spiro atoms. The number of nitrogens with zero attached hydrogens (tertiary/aromatic N) is 1. The first-order chi connectivity index (χ1) is 4.22. The summed E-state index contributed by atoms with van der Waals surface area (Å²) in [5.41, 5.74) is 4.89. The lowest BCUT2D eigenvalue weighted by Crippen LogP contribution is -1.96. The van der Waals surface area contributed by atoms with Gasteiger partial charge in [-0.05, 0) is 6.07 Å². The molecule has 0 radical (unpaired) electrons. The molecule has 1 heterocycles. The molecule has 0 saturated heterocycles. The molecule has 9 heavy (non-hydrogen) atoms. The second-order valence-electron chi connectivity index (χ2n) is 1.49. The van der Waals surface area contributed by atoms with Crippen molar-refractivity contribution in [3.8, 4) is 0 Å². The van der Waals surface area contributed by atoms with E-state index in [9.17, 15) is 8.78 Å². The Morgan fingerprint density at radius 1 is 1.44 bits per heavy atom. The molecule has 0 fully saturated rings. The summed E-state index contributed by atoms with van der Waals surface area (Å²) < 4.78 is 24.3.